The Kier molecular flexibility index (Phi) is 7.93. The Labute approximate surface area is 286 Å². The highest BCUT2D eigenvalue weighted by Crippen LogP contribution is 2.41. The number of rotatable bonds is 8. The maximum atomic E-state index is 6.55. The lowest BCUT2D eigenvalue weighted by molar-refractivity contribution is 0.623. The van der Waals surface area contributed by atoms with Gasteiger partial charge in [0.2, 0.25) is 5.89 Å². The summed E-state index contributed by atoms with van der Waals surface area (Å²) in [7, 11) is 0. The molecule has 8 rings (SSSR count). The Morgan fingerprint density at radius 1 is 0.653 bits per heavy atom. The topological polar surface area (TPSA) is 29.3 Å². The molecule has 3 nitrogen and oxygen atoms in total. The van der Waals surface area contributed by atoms with Crippen LogP contribution in [0.15, 0.2) is 193 Å². The SMILES string of the molecule is C=C/C(=C\C=C(/C)c1ccccc1)N(c1ccc2ccc3ccc4nc(-c5ccccc5)oc4c3c2c1)c1ccccc1-c1ccccc1. The number of benzene rings is 7. The monoisotopic (exact) mass is 630 g/mol. The van der Waals surface area contributed by atoms with Crippen molar-refractivity contribution in [3.63, 3.8) is 0 Å². The molecule has 0 aliphatic carbocycles. The van der Waals surface area contributed by atoms with Gasteiger partial charge in [-0.25, -0.2) is 4.98 Å². The highest BCUT2D eigenvalue weighted by atomic mass is 16.3. The van der Waals surface area contributed by atoms with E-state index in [4.69, 9.17) is 9.40 Å². The summed E-state index contributed by atoms with van der Waals surface area (Å²) in [5.41, 5.74) is 10.2. The quantitative estimate of drug-likeness (QED) is 0.124. The number of aromatic nitrogens is 1. The number of fused-ring (bicyclic) bond motifs is 5. The van der Waals surface area contributed by atoms with Gasteiger partial charge in [-0.2, -0.15) is 0 Å². The predicted molar refractivity (Wildman–Crippen MR) is 207 cm³/mol. The van der Waals surface area contributed by atoms with E-state index in [1.165, 1.54) is 11.1 Å². The van der Waals surface area contributed by atoms with Gasteiger partial charge >= 0.3 is 0 Å². The standard InChI is InChI=1S/C46H34N2O/c1-3-38(28-23-32(2)33-15-7-4-8-16-33)48(43-22-14-13-21-40(43)34-17-9-5-10-18-34)39-29-26-35-24-25-36-27-30-42-45(44(36)41(35)31-39)49-46(47-42)37-19-11-6-12-20-37/h3-31H,1H2,2H3/b32-23+,38-28+. The van der Waals surface area contributed by atoms with Crippen molar-refractivity contribution in [2.45, 2.75) is 6.92 Å². The molecule has 0 radical (unpaired) electrons. The van der Waals surface area contributed by atoms with E-state index in [1.807, 2.05) is 48.5 Å². The number of hydrogen-bond donors (Lipinski definition) is 0. The normalized spacial score (nSPS) is 12.1. The van der Waals surface area contributed by atoms with Crippen LogP contribution in [0.1, 0.15) is 12.5 Å². The fraction of sp³-hybridized carbons (Fsp3) is 0.0217. The average Bonchev–Trinajstić information content (AvgIpc) is 3.62. The second-order valence-electron chi connectivity index (χ2n) is 12.1. The van der Waals surface area contributed by atoms with E-state index in [1.54, 1.807) is 0 Å². The molecule has 0 saturated carbocycles. The van der Waals surface area contributed by atoms with Crippen molar-refractivity contribution in [3.8, 4) is 22.6 Å². The molecule has 0 atom stereocenters. The molecule has 1 heterocycles. The van der Waals surface area contributed by atoms with Crippen LogP contribution in [0, 0.1) is 0 Å². The molecule has 0 spiro atoms. The molecule has 0 bridgehead atoms. The minimum absolute atomic E-state index is 0.618. The molecular formula is C46H34N2O. The van der Waals surface area contributed by atoms with Gasteiger partial charge in [-0.05, 0) is 88.3 Å². The summed E-state index contributed by atoms with van der Waals surface area (Å²) < 4.78 is 6.55. The van der Waals surface area contributed by atoms with Crippen LogP contribution in [-0.2, 0) is 0 Å². The maximum Gasteiger partial charge on any atom is 0.227 e. The lowest BCUT2D eigenvalue weighted by Gasteiger charge is -2.29. The van der Waals surface area contributed by atoms with E-state index in [0.29, 0.717) is 5.89 Å². The van der Waals surface area contributed by atoms with Crippen molar-refractivity contribution in [2.75, 3.05) is 4.90 Å². The van der Waals surface area contributed by atoms with Crippen molar-refractivity contribution in [1.29, 1.82) is 0 Å². The summed E-state index contributed by atoms with van der Waals surface area (Å²) in [6.45, 7) is 6.45. The summed E-state index contributed by atoms with van der Waals surface area (Å²) in [6.07, 6.45) is 6.26. The Morgan fingerprint density at radius 2 is 1.29 bits per heavy atom. The molecule has 0 aliphatic rings. The second-order valence-corrected chi connectivity index (χ2v) is 12.1. The molecule has 0 aliphatic heterocycles. The van der Waals surface area contributed by atoms with Crippen LogP contribution in [0.5, 0.6) is 0 Å². The molecule has 0 amide bonds. The fourth-order valence-electron chi connectivity index (χ4n) is 6.55. The lowest BCUT2D eigenvalue weighted by Crippen LogP contribution is -2.16. The summed E-state index contributed by atoms with van der Waals surface area (Å²) in [4.78, 5) is 7.20. The number of anilines is 2. The minimum atomic E-state index is 0.618. The Hall–Kier alpha value is -6.45. The van der Waals surface area contributed by atoms with Gasteiger partial charge in [-0.3, -0.25) is 0 Å². The predicted octanol–water partition coefficient (Wildman–Crippen LogP) is 12.8. The lowest BCUT2D eigenvalue weighted by atomic mass is 9.98. The van der Waals surface area contributed by atoms with E-state index in [-0.39, 0.29) is 0 Å². The highest BCUT2D eigenvalue weighted by molar-refractivity contribution is 6.18. The van der Waals surface area contributed by atoms with Crippen LogP contribution >= 0.6 is 0 Å². The molecule has 0 fully saturated rings. The first-order valence-corrected chi connectivity index (χ1v) is 16.5. The first-order valence-electron chi connectivity index (χ1n) is 16.5. The van der Waals surface area contributed by atoms with E-state index in [9.17, 15) is 0 Å². The maximum absolute atomic E-state index is 6.55. The van der Waals surface area contributed by atoms with Gasteiger partial charge < -0.3 is 9.32 Å². The summed E-state index contributed by atoms with van der Waals surface area (Å²) in [5, 5.41) is 4.37. The van der Waals surface area contributed by atoms with Gasteiger partial charge in [0.15, 0.2) is 5.58 Å². The van der Waals surface area contributed by atoms with E-state index < -0.39 is 0 Å². The van der Waals surface area contributed by atoms with Crippen LogP contribution in [0.3, 0.4) is 0 Å². The molecule has 8 aromatic rings. The second kappa shape index (κ2) is 13.0. The molecular weight excluding hydrogens is 597 g/mol. The molecule has 49 heavy (non-hydrogen) atoms. The third-order valence-electron chi connectivity index (χ3n) is 9.05. The molecule has 0 N–H and O–H groups in total. The third-order valence-corrected chi connectivity index (χ3v) is 9.05. The van der Waals surface area contributed by atoms with Crippen LogP contribution in [0.4, 0.5) is 11.4 Å². The number of para-hydroxylation sites is 1. The van der Waals surface area contributed by atoms with Gasteiger partial charge in [-0.15, -0.1) is 0 Å². The fourth-order valence-corrected chi connectivity index (χ4v) is 6.55. The zero-order valence-electron chi connectivity index (χ0n) is 27.3. The minimum Gasteiger partial charge on any atom is -0.435 e. The number of oxazole rings is 1. The Balaban J connectivity index is 1.36. The van der Waals surface area contributed by atoms with Gasteiger partial charge in [0.1, 0.15) is 5.52 Å². The molecule has 3 heteroatoms. The van der Waals surface area contributed by atoms with Crippen molar-refractivity contribution >= 4 is 49.6 Å². The number of nitrogens with zero attached hydrogens (tertiary/aromatic N) is 2. The van der Waals surface area contributed by atoms with E-state index in [2.05, 4.69) is 146 Å². The molecule has 7 aromatic carbocycles. The first kappa shape index (κ1) is 29.9. The zero-order chi connectivity index (χ0) is 33.2. The van der Waals surface area contributed by atoms with E-state index >= 15 is 0 Å². The summed E-state index contributed by atoms with van der Waals surface area (Å²) >= 11 is 0. The third kappa shape index (κ3) is 5.72. The van der Waals surface area contributed by atoms with Gasteiger partial charge in [0.05, 0.1) is 5.69 Å². The number of allylic oxidation sites excluding steroid dienone is 4. The summed E-state index contributed by atoms with van der Waals surface area (Å²) in [5.74, 6) is 0.618. The molecule has 1 aromatic heterocycles. The first-order chi connectivity index (χ1) is 24.2. The Morgan fingerprint density at radius 3 is 2.04 bits per heavy atom. The molecule has 0 unspecified atom stereocenters. The van der Waals surface area contributed by atoms with Crippen molar-refractivity contribution < 1.29 is 4.42 Å². The van der Waals surface area contributed by atoms with Gasteiger partial charge in [0.25, 0.3) is 0 Å². The highest BCUT2D eigenvalue weighted by Gasteiger charge is 2.19. The van der Waals surface area contributed by atoms with Crippen molar-refractivity contribution in [3.05, 3.63) is 194 Å². The van der Waals surface area contributed by atoms with Crippen molar-refractivity contribution in [1.82, 2.24) is 4.98 Å². The van der Waals surface area contributed by atoms with Crippen molar-refractivity contribution in [2.24, 2.45) is 0 Å². The van der Waals surface area contributed by atoms with Gasteiger partial charge in [-0.1, -0.05) is 134 Å². The van der Waals surface area contributed by atoms with Crippen LogP contribution in [0.2, 0.25) is 0 Å². The van der Waals surface area contributed by atoms with Crippen LogP contribution in [-0.4, -0.2) is 4.98 Å². The molecule has 0 saturated heterocycles. The summed E-state index contributed by atoms with van der Waals surface area (Å²) in [6, 6.07) is 54.8. The van der Waals surface area contributed by atoms with Crippen LogP contribution < -0.4 is 4.90 Å². The van der Waals surface area contributed by atoms with Crippen LogP contribution in [0.25, 0.3) is 60.8 Å². The Bertz CT molecular complexity index is 2510. The van der Waals surface area contributed by atoms with Gasteiger partial charge in [0, 0.05) is 27.9 Å². The van der Waals surface area contributed by atoms with E-state index in [0.717, 1.165) is 66.4 Å². The molecule has 234 valence electrons. The average molecular weight is 631 g/mol. The largest absolute Gasteiger partial charge is 0.435 e. The zero-order valence-corrected chi connectivity index (χ0v) is 27.3. The smallest absolute Gasteiger partial charge is 0.227 e. The number of hydrogen-bond acceptors (Lipinski definition) is 3.